The van der Waals surface area contributed by atoms with Gasteiger partial charge < -0.3 is 11.1 Å². The van der Waals surface area contributed by atoms with Crippen LogP contribution >= 0.6 is 11.8 Å². The summed E-state index contributed by atoms with van der Waals surface area (Å²) < 4.78 is 25.1. The zero-order chi connectivity index (χ0) is 11.6. The van der Waals surface area contributed by atoms with Gasteiger partial charge in [-0.05, 0) is 11.8 Å². The molecular weight excluding hydrogens is 218 g/mol. The molecule has 0 radical (unpaired) electrons. The van der Waals surface area contributed by atoms with Gasteiger partial charge in [-0.25, -0.2) is 8.78 Å². The van der Waals surface area contributed by atoms with E-state index in [-0.39, 0.29) is 23.6 Å². The molecule has 2 nitrogen and oxygen atoms in total. The standard InChI is InChI=1S/C10H16F2N2S/c1-6(14)8(4-13)7-3-9(7)15-5-10(2,11)12/h3-4,6-8,13H,5,14H2,1-2H3. The van der Waals surface area contributed by atoms with Gasteiger partial charge in [0.05, 0.1) is 5.75 Å². The molecule has 0 bridgehead atoms. The molecule has 1 aliphatic carbocycles. The van der Waals surface area contributed by atoms with Gasteiger partial charge in [-0.2, -0.15) is 0 Å². The van der Waals surface area contributed by atoms with Crippen molar-refractivity contribution in [3.63, 3.8) is 0 Å². The van der Waals surface area contributed by atoms with E-state index in [9.17, 15) is 8.78 Å². The molecule has 1 rings (SSSR count). The number of thioether (sulfide) groups is 1. The summed E-state index contributed by atoms with van der Waals surface area (Å²) in [6.07, 6.45) is 3.22. The maximum Gasteiger partial charge on any atom is 0.254 e. The molecule has 0 spiro atoms. The predicted molar refractivity (Wildman–Crippen MR) is 60.6 cm³/mol. The van der Waals surface area contributed by atoms with E-state index in [1.807, 2.05) is 13.0 Å². The summed E-state index contributed by atoms with van der Waals surface area (Å²) in [5.74, 6) is -2.75. The number of rotatable bonds is 6. The summed E-state index contributed by atoms with van der Waals surface area (Å²) in [5, 5.41) is 7.21. The minimum atomic E-state index is -2.63. The first-order valence-electron chi connectivity index (χ1n) is 4.83. The summed E-state index contributed by atoms with van der Waals surface area (Å²) in [6, 6.07) is -0.107. The van der Waals surface area contributed by atoms with Crippen molar-refractivity contribution < 1.29 is 8.78 Å². The first kappa shape index (κ1) is 12.6. The zero-order valence-corrected chi connectivity index (χ0v) is 9.65. The van der Waals surface area contributed by atoms with E-state index in [0.29, 0.717) is 0 Å². The Morgan fingerprint density at radius 2 is 2.33 bits per heavy atom. The third-order valence-corrected chi connectivity index (χ3v) is 3.66. The summed E-state index contributed by atoms with van der Waals surface area (Å²) in [5.41, 5.74) is 5.69. The predicted octanol–water partition coefficient (Wildman–Crippen LogP) is 2.50. The van der Waals surface area contributed by atoms with E-state index in [1.54, 1.807) is 0 Å². The molecule has 3 atom stereocenters. The van der Waals surface area contributed by atoms with Gasteiger partial charge in [-0.15, -0.1) is 11.8 Å². The monoisotopic (exact) mass is 234 g/mol. The number of halogens is 2. The Hall–Kier alpha value is -0.420. The molecule has 15 heavy (non-hydrogen) atoms. The fourth-order valence-corrected chi connectivity index (χ4v) is 2.38. The highest BCUT2D eigenvalue weighted by Gasteiger charge is 2.36. The van der Waals surface area contributed by atoms with Crippen molar-refractivity contribution in [3.8, 4) is 0 Å². The number of hydrogen-bond acceptors (Lipinski definition) is 3. The second kappa shape index (κ2) is 4.61. The van der Waals surface area contributed by atoms with E-state index in [4.69, 9.17) is 11.1 Å². The van der Waals surface area contributed by atoms with Crippen LogP contribution in [0.2, 0.25) is 0 Å². The Bertz CT molecular complexity index is 271. The minimum absolute atomic E-state index is 0.0435. The van der Waals surface area contributed by atoms with Crippen LogP contribution in [0.5, 0.6) is 0 Å². The number of hydrogen-bond donors (Lipinski definition) is 2. The van der Waals surface area contributed by atoms with Crippen LogP contribution in [0.15, 0.2) is 11.0 Å². The SMILES string of the molecule is CC(N)C(C=N)C1C=C1SCC(C)(F)F. The summed E-state index contributed by atoms with van der Waals surface area (Å²) >= 11 is 1.17. The van der Waals surface area contributed by atoms with E-state index in [0.717, 1.165) is 11.8 Å². The summed E-state index contributed by atoms with van der Waals surface area (Å²) in [6.45, 7) is 2.75. The zero-order valence-electron chi connectivity index (χ0n) is 8.84. The highest BCUT2D eigenvalue weighted by atomic mass is 32.2. The van der Waals surface area contributed by atoms with Gasteiger partial charge in [-0.1, -0.05) is 6.08 Å². The van der Waals surface area contributed by atoms with Crippen molar-refractivity contribution in [2.45, 2.75) is 25.8 Å². The third-order valence-electron chi connectivity index (χ3n) is 2.27. The lowest BCUT2D eigenvalue weighted by Crippen LogP contribution is -2.29. The second-order valence-corrected chi connectivity index (χ2v) is 5.11. The van der Waals surface area contributed by atoms with Gasteiger partial charge in [0, 0.05) is 31.0 Å². The van der Waals surface area contributed by atoms with Crippen LogP contribution in [0.25, 0.3) is 0 Å². The van der Waals surface area contributed by atoms with Crippen molar-refractivity contribution in [1.82, 2.24) is 0 Å². The number of nitrogens with two attached hydrogens (primary N) is 1. The highest BCUT2D eigenvalue weighted by molar-refractivity contribution is 8.03. The lowest BCUT2D eigenvalue weighted by Gasteiger charge is -2.16. The Balaban J connectivity index is 2.33. The highest BCUT2D eigenvalue weighted by Crippen LogP contribution is 2.45. The van der Waals surface area contributed by atoms with E-state index in [2.05, 4.69) is 0 Å². The third kappa shape index (κ3) is 3.91. The molecule has 86 valence electrons. The fraction of sp³-hybridized carbons (Fsp3) is 0.700. The Kier molecular flexibility index (Phi) is 3.89. The molecule has 5 heteroatoms. The largest absolute Gasteiger partial charge is 0.327 e. The molecule has 0 aromatic rings. The van der Waals surface area contributed by atoms with E-state index >= 15 is 0 Å². The number of alkyl halides is 2. The van der Waals surface area contributed by atoms with Crippen LogP contribution in [0.4, 0.5) is 8.78 Å². The molecule has 0 saturated carbocycles. The van der Waals surface area contributed by atoms with Crippen LogP contribution in [-0.2, 0) is 0 Å². The molecule has 1 aliphatic rings. The van der Waals surface area contributed by atoms with Crippen molar-refractivity contribution in [2.24, 2.45) is 17.6 Å². The number of allylic oxidation sites excluding steroid dienone is 2. The summed E-state index contributed by atoms with van der Waals surface area (Å²) in [7, 11) is 0. The van der Waals surface area contributed by atoms with Gasteiger partial charge in [0.15, 0.2) is 0 Å². The van der Waals surface area contributed by atoms with Gasteiger partial charge in [0.2, 0.25) is 0 Å². The maximum atomic E-state index is 12.6. The molecule has 0 aliphatic heterocycles. The van der Waals surface area contributed by atoms with Gasteiger partial charge in [-0.3, -0.25) is 0 Å². The average molecular weight is 234 g/mol. The molecule has 0 saturated heterocycles. The smallest absolute Gasteiger partial charge is 0.254 e. The Labute approximate surface area is 92.8 Å². The van der Waals surface area contributed by atoms with E-state index < -0.39 is 5.92 Å². The topological polar surface area (TPSA) is 49.9 Å². The van der Waals surface area contributed by atoms with Gasteiger partial charge >= 0.3 is 0 Å². The minimum Gasteiger partial charge on any atom is -0.327 e. The average Bonchev–Trinajstić information content (AvgIpc) is 2.80. The molecule has 0 heterocycles. The molecule has 0 amide bonds. The van der Waals surface area contributed by atoms with Crippen molar-refractivity contribution in [1.29, 1.82) is 5.41 Å². The lowest BCUT2D eigenvalue weighted by atomic mass is 9.97. The first-order valence-corrected chi connectivity index (χ1v) is 5.82. The molecule has 0 fully saturated rings. The lowest BCUT2D eigenvalue weighted by molar-refractivity contribution is 0.0493. The first-order chi connectivity index (χ1) is 6.85. The quantitative estimate of drug-likeness (QED) is 0.694. The van der Waals surface area contributed by atoms with Crippen LogP contribution in [-0.4, -0.2) is 23.9 Å². The molecule has 0 aromatic heterocycles. The Morgan fingerprint density at radius 3 is 2.73 bits per heavy atom. The summed E-state index contributed by atoms with van der Waals surface area (Å²) in [4.78, 5) is 0.947. The molecule has 3 N–H and O–H groups in total. The van der Waals surface area contributed by atoms with Crippen LogP contribution in [0, 0.1) is 17.2 Å². The Morgan fingerprint density at radius 1 is 1.73 bits per heavy atom. The fourth-order valence-electron chi connectivity index (χ4n) is 1.37. The van der Waals surface area contributed by atoms with E-state index in [1.165, 1.54) is 18.0 Å². The van der Waals surface area contributed by atoms with Crippen LogP contribution in [0.1, 0.15) is 13.8 Å². The van der Waals surface area contributed by atoms with Crippen LogP contribution in [0.3, 0.4) is 0 Å². The van der Waals surface area contributed by atoms with Crippen molar-refractivity contribution in [3.05, 3.63) is 11.0 Å². The van der Waals surface area contributed by atoms with Crippen molar-refractivity contribution in [2.75, 3.05) is 5.75 Å². The molecule has 3 unspecified atom stereocenters. The maximum absolute atomic E-state index is 12.6. The van der Waals surface area contributed by atoms with Gasteiger partial charge in [0.25, 0.3) is 5.92 Å². The normalized spacial score (nSPS) is 24.3. The van der Waals surface area contributed by atoms with Crippen LogP contribution < -0.4 is 5.73 Å². The molecule has 0 aromatic carbocycles. The second-order valence-electron chi connectivity index (χ2n) is 4.06. The molecular formula is C10H16F2N2S. The van der Waals surface area contributed by atoms with Gasteiger partial charge in [0.1, 0.15) is 0 Å². The van der Waals surface area contributed by atoms with Crippen molar-refractivity contribution >= 4 is 18.0 Å². The number of nitrogens with one attached hydrogen (secondary N) is 1.